The minimum Gasteiger partial charge on any atom is -0.497 e. The number of hydrogen-bond acceptors (Lipinski definition) is 6. The van der Waals surface area contributed by atoms with Crippen LogP contribution in [0.3, 0.4) is 0 Å². The summed E-state index contributed by atoms with van der Waals surface area (Å²) in [6.07, 6.45) is 0.342. The van der Waals surface area contributed by atoms with E-state index < -0.39 is 28.5 Å². The number of amides is 2. The lowest BCUT2D eigenvalue weighted by Crippen LogP contribution is -2.52. The summed E-state index contributed by atoms with van der Waals surface area (Å²) in [5.41, 5.74) is 1.94. The highest BCUT2D eigenvalue weighted by molar-refractivity contribution is 7.92. The second kappa shape index (κ2) is 13.8. The van der Waals surface area contributed by atoms with Gasteiger partial charge in [-0.3, -0.25) is 13.9 Å². The van der Waals surface area contributed by atoms with Gasteiger partial charge in [0.05, 0.1) is 24.8 Å². The Kier molecular flexibility index (Phi) is 10.6. The fourth-order valence-corrected chi connectivity index (χ4v) is 5.71. The molecule has 0 aliphatic rings. The Morgan fingerprint density at radius 3 is 2.12 bits per heavy atom. The van der Waals surface area contributed by atoms with Gasteiger partial charge in [0.25, 0.3) is 10.0 Å². The van der Waals surface area contributed by atoms with Gasteiger partial charge in [-0.25, -0.2) is 8.42 Å². The number of sulfonamides is 1. The summed E-state index contributed by atoms with van der Waals surface area (Å²) in [6, 6.07) is 19.3. The van der Waals surface area contributed by atoms with E-state index in [4.69, 9.17) is 9.47 Å². The van der Waals surface area contributed by atoms with Crippen molar-refractivity contribution in [3.05, 3.63) is 83.9 Å². The maximum atomic E-state index is 14.0. The van der Waals surface area contributed by atoms with Crippen molar-refractivity contribution in [1.29, 1.82) is 0 Å². The van der Waals surface area contributed by atoms with Gasteiger partial charge in [-0.1, -0.05) is 36.8 Å². The molecule has 214 valence electrons. The Bertz CT molecular complexity index is 1390. The molecule has 0 saturated heterocycles. The molecule has 3 aromatic rings. The van der Waals surface area contributed by atoms with Crippen LogP contribution in [-0.4, -0.2) is 58.5 Å². The lowest BCUT2D eigenvalue weighted by Gasteiger charge is -2.33. The van der Waals surface area contributed by atoms with Gasteiger partial charge in [0.1, 0.15) is 24.1 Å². The Hall–Kier alpha value is -4.05. The first-order chi connectivity index (χ1) is 19.1. The standard InChI is InChI=1S/C30H37N3O6S/c1-6-28(30(35)31-7-2)32(20-23-9-8-10-26(19-23)39-5)29(34)21-33(24-13-15-25(38-4)16-14-24)40(36,37)27-17-11-22(3)12-18-27/h8-19,28H,6-7,20-21H2,1-5H3,(H,31,35). The monoisotopic (exact) mass is 567 g/mol. The molecule has 0 bridgehead atoms. The molecule has 1 N–H and O–H groups in total. The molecule has 1 unspecified atom stereocenters. The van der Waals surface area contributed by atoms with Gasteiger partial charge >= 0.3 is 0 Å². The third kappa shape index (κ3) is 7.32. The molecule has 0 radical (unpaired) electrons. The number of nitrogens with one attached hydrogen (secondary N) is 1. The fourth-order valence-electron chi connectivity index (χ4n) is 4.29. The van der Waals surface area contributed by atoms with Crippen LogP contribution in [0.25, 0.3) is 0 Å². The SMILES string of the molecule is CCNC(=O)C(CC)N(Cc1cccc(OC)c1)C(=O)CN(c1ccc(OC)cc1)S(=O)(=O)c1ccc(C)cc1. The number of hydrogen-bond donors (Lipinski definition) is 1. The minimum atomic E-state index is -4.14. The maximum Gasteiger partial charge on any atom is 0.264 e. The first-order valence-electron chi connectivity index (χ1n) is 13.1. The lowest BCUT2D eigenvalue weighted by atomic mass is 10.1. The van der Waals surface area contributed by atoms with Crippen LogP contribution in [0.15, 0.2) is 77.7 Å². The van der Waals surface area contributed by atoms with Crippen molar-refractivity contribution >= 4 is 27.5 Å². The largest absolute Gasteiger partial charge is 0.497 e. The van der Waals surface area contributed by atoms with E-state index >= 15 is 0 Å². The maximum absolute atomic E-state index is 14.0. The zero-order valence-corrected chi connectivity index (χ0v) is 24.4. The van der Waals surface area contributed by atoms with Crippen molar-refractivity contribution in [2.45, 2.75) is 44.7 Å². The van der Waals surface area contributed by atoms with Gasteiger partial charge in [-0.05, 0) is 74.4 Å². The number of benzene rings is 3. The fraction of sp³-hybridized carbons (Fsp3) is 0.333. The van der Waals surface area contributed by atoms with Crippen LogP contribution in [-0.2, 0) is 26.2 Å². The molecular formula is C30H37N3O6S. The smallest absolute Gasteiger partial charge is 0.264 e. The van der Waals surface area contributed by atoms with E-state index in [9.17, 15) is 18.0 Å². The quantitative estimate of drug-likeness (QED) is 0.333. The second-order valence-corrected chi connectivity index (χ2v) is 11.1. The van der Waals surface area contributed by atoms with E-state index in [0.717, 1.165) is 15.4 Å². The van der Waals surface area contributed by atoms with Crippen molar-refractivity contribution < 1.29 is 27.5 Å². The van der Waals surface area contributed by atoms with Crippen LogP contribution in [0.1, 0.15) is 31.4 Å². The molecule has 3 rings (SSSR count). The number of rotatable bonds is 13. The van der Waals surface area contributed by atoms with E-state index in [1.54, 1.807) is 68.6 Å². The van der Waals surface area contributed by atoms with Crippen LogP contribution < -0.4 is 19.1 Å². The normalized spacial score (nSPS) is 11.8. The zero-order valence-electron chi connectivity index (χ0n) is 23.6. The number of aryl methyl sites for hydroxylation is 1. The zero-order chi connectivity index (χ0) is 29.3. The first-order valence-corrected chi connectivity index (χ1v) is 14.5. The summed E-state index contributed by atoms with van der Waals surface area (Å²) in [5.74, 6) is 0.327. The number of carbonyl (C=O) groups excluding carboxylic acids is 2. The molecule has 0 aromatic heterocycles. The highest BCUT2D eigenvalue weighted by Gasteiger charge is 2.33. The summed E-state index contributed by atoms with van der Waals surface area (Å²) in [5, 5.41) is 2.80. The molecule has 9 nitrogen and oxygen atoms in total. The number of likely N-dealkylation sites (N-methyl/N-ethyl adjacent to an activating group) is 1. The highest BCUT2D eigenvalue weighted by Crippen LogP contribution is 2.27. The average Bonchev–Trinajstić information content (AvgIpc) is 2.96. The Morgan fingerprint density at radius 1 is 0.900 bits per heavy atom. The highest BCUT2D eigenvalue weighted by atomic mass is 32.2. The minimum absolute atomic E-state index is 0.0526. The molecule has 40 heavy (non-hydrogen) atoms. The molecule has 0 saturated carbocycles. The van der Waals surface area contributed by atoms with Gasteiger partial charge in [-0.2, -0.15) is 0 Å². The molecule has 10 heteroatoms. The van der Waals surface area contributed by atoms with Crippen molar-refractivity contribution in [2.75, 3.05) is 31.6 Å². The van der Waals surface area contributed by atoms with E-state index in [1.165, 1.54) is 24.1 Å². The molecule has 0 aliphatic carbocycles. The number of nitrogens with zero attached hydrogens (tertiary/aromatic N) is 2. The summed E-state index contributed by atoms with van der Waals surface area (Å²) >= 11 is 0. The number of methoxy groups -OCH3 is 2. The third-order valence-corrected chi connectivity index (χ3v) is 8.26. The van der Waals surface area contributed by atoms with Gasteiger partial charge in [0, 0.05) is 13.1 Å². The van der Waals surface area contributed by atoms with Crippen LogP contribution in [0.2, 0.25) is 0 Å². The molecule has 0 spiro atoms. The predicted molar refractivity (Wildman–Crippen MR) is 155 cm³/mol. The molecule has 1 atom stereocenters. The Labute approximate surface area is 236 Å². The molecule has 0 fully saturated rings. The Balaban J connectivity index is 2.06. The number of ether oxygens (including phenoxy) is 2. The van der Waals surface area contributed by atoms with E-state index in [1.807, 2.05) is 19.9 Å². The molecule has 3 aromatic carbocycles. The van der Waals surface area contributed by atoms with Gasteiger partial charge in [0.15, 0.2) is 0 Å². The van der Waals surface area contributed by atoms with Crippen LogP contribution in [0.4, 0.5) is 5.69 Å². The van der Waals surface area contributed by atoms with Crippen molar-refractivity contribution in [3.63, 3.8) is 0 Å². The van der Waals surface area contributed by atoms with Crippen molar-refractivity contribution in [3.8, 4) is 11.5 Å². The number of anilines is 1. The van der Waals surface area contributed by atoms with Crippen LogP contribution in [0, 0.1) is 6.92 Å². The lowest BCUT2D eigenvalue weighted by molar-refractivity contribution is -0.140. The van der Waals surface area contributed by atoms with E-state index in [0.29, 0.717) is 30.2 Å². The van der Waals surface area contributed by atoms with Crippen LogP contribution >= 0.6 is 0 Å². The summed E-state index contributed by atoms with van der Waals surface area (Å²) in [6.45, 7) is 5.46. The van der Waals surface area contributed by atoms with Gasteiger partial charge in [0.2, 0.25) is 11.8 Å². The van der Waals surface area contributed by atoms with Gasteiger partial charge in [-0.15, -0.1) is 0 Å². The third-order valence-electron chi connectivity index (χ3n) is 6.47. The summed E-state index contributed by atoms with van der Waals surface area (Å²) in [4.78, 5) is 28.6. The molecule has 2 amide bonds. The first kappa shape index (κ1) is 30.5. The topological polar surface area (TPSA) is 105 Å². The second-order valence-electron chi connectivity index (χ2n) is 9.21. The van der Waals surface area contributed by atoms with Crippen LogP contribution in [0.5, 0.6) is 11.5 Å². The van der Waals surface area contributed by atoms with Crippen molar-refractivity contribution in [1.82, 2.24) is 10.2 Å². The summed E-state index contributed by atoms with van der Waals surface area (Å²) in [7, 11) is -1.08. The van der Waals surface area contributed by atoms with E-state index in [-0.39, 0.29) is 17.3 Å². The predicted octanol–water partition coefficient (Wildman–Crippen LogP) is 4.15. The van der Waals surface area contributed by atoms with E-state index in [2.05, 4.69) is 5.32 Å². The molecular weight excluding hydrogens is 530 g/mol. The molecule has 0 aliphatic heterocycles. The number of carbonyl (C=O) groups is 2. The average molecular weight is 568 g/mol. The van der Waals surface area contributed by atoms with Crippen molar-refractivity contribution in [2.24, 2.45) is 0 Å². The Morgan fingerprint density at radius 2 is 1.55 bits per heavy atom. The summed E-state index contributed by atoms with van der Waals surface area (Å²) < 4.78 is 39.4. The van der Waals surface area contributed by atoms with Gasteiger partial charge < -0.3 is 19.7 Å². The molecule has 0 heterocycles.